The van der Waals surface area contributed by atoms with Crippen molar-refractivity contribution in [1.82, 2.24) is 0 Å². The monoisotopic (exact) mass is 356 g/mol. The fourth-order valence-electron chi connectivity index (χ4n) is 2.81. The lowest BCUT2D eigenvalue weighted by Crippen LogP contribution is -2.43. The maximum atomic E-state index is 12.6. The quantitative estimate of drug-likeness (QED) is 0.658. The first kappa shape index (κ1) is 19.5. The second kappa shape index (κ2) is 8.49. The maximum Gasteiger partial charge on any atom is 0.513 e. The molecule has 1 amide bonds. The number of nitrogens with zero attached hydrogens (tertiary/aromatic N) is 1. The van der Waals surface area contributed by atoms with Gasteiger partial charge in [0.15, 0.2) is 0 Å². The van der Waals surface area contributed by atoms with Crippen molar-refractivity contribution in [2.45, 2.75) is 26.3 Å². The molecule has 6 heteroatoms. The molecule has 26 heavy (non-hydrogen) atoms. The molecule has 0 aromatic heterocycles. The molecular weight excluding hydrogens is 332 g/mol. The van der Waals surface area contributed by atoms with E-state index < -0.39 is 12.2 Å². The number of nitrogens with two attached hydrogens (primary N) is 1. The molecule has 2 rings (SSSR count). The number of benzene rings is 2. The summed E-state index contributed by atoms with van der Waals surface area (Å²) in [7, 11) is 2.97. The zero-order valence-electron chi connectivity index (χ0n) is 15.5. The van der Waals surface area contributed by atoms with E-state index >= 15 is 0 Å². The van der Waals surface area contributed by atoms with Gasteiger partial charge in [0.1, 0.15) is 5.75 Å². The number of ether oxygens (including phenoxy) is 2. The van der Waals surface area contributed by atoms with Crippen molar-refractivity contribution in [1.29, 1.82) is 0 Å². The number of hydrogen-bond acceptors (Lipinski definition) is 5. The van der Waals surface area contributed by atoms with Crippen molar-refractivity contribution in [3.8, 4) is 5.75 Å². The number of anilines is 1. The summed E-state index contributed by atoms with van der Waals surface area (Å²) in [5, 5.41) is 0. The summed E-state index contributed by atoms with van der Waals surface area (Å²) in [5.74, 6) is 0.238. The predicted molar refractivity (Wildman–Crippen MR) is 100 cm³/mol. The fourth-order valence-corrected chi connectivity index (χ4v) is 2.81. The van der Waals surface area contributed by atoms with E-state index in [9.17, 15) is 9.59 Å². The topological polar surface area (TPSA) is 81.9 Å². The third-order valence-electron chi connectivity index (χ3n) is 4.25. The Labute approximate surface area is 153 Å². The Morgan fingerprint density at radius 3 is 2.23 bits per heavy atom. The molecule has 2 aromatic carbocycles. The molecule has 0 saturated heterocycles. The third-order valence-corrected chi connectivity index (χ3v) is 4.25. The van der Waals surface area contributed by atoms with Crippen LogP contribution in [-0.4, -0.2) is 32.3 Å². The zero-order valence-corrected chi connectivity index (χ0v) is 15.5. The minimum absolute atomic E-state index is 0.162. The van der Waals surface area contributed by atoms with E-state index in [0.29, 0.717) is 12.2 Å². The highest BCUT2D eigenvalue weighted by Crippen LogP contribution is 2.24. The number of methoxy groups -OCH3 is 1. The van der Waals surface area contributed by atoms with Crippen molar-refractivity contribution in [3.63, 3.8) is 0 Å². The fraction of sp³-hybridized carbons (Fsp3) is 0.300. The first-order valence-corrected chi connectivity index (χ1v) is 8.27. The van der Waals surface area contributed by atoms with Crippen LogP contribution in [-0.2, 0) is 16.0 Å². The van der Waals surface area contributed by atoms with Crippen molar-refractivity contribution >= 4 is 17.7 Å². The first-order chi connectivity index (χ1) is 12.3. The van der Waals surface area contributed by atoms with E-state index in [1.807, 2.05) is 44.2 Å². The normalized spacial score (nSPS) is 11.6. The van der Waals surface area contributed by atoms with Crippen LogP contribution in [0.2, 0.25) is 0 Å². The van der Waals surface area contributed by atoms with E-state index in [4.69, 9.17) is 10.5 Å². The summed E-state index contributed by atoms with van der Waals surface area (Å²) in [6.07, 6.45) is -0.375. The number of hydrogen-bond donors (Lipinski definition) is 1. The van der Waals surface area contributed by atoms with Crippen LogP contribution in [0.4, 0.5) is 10.5 Å². The van der Waals surface area contributed by atoms with Crippen LogP contribution in [0, 0.1) is 13.8 Å². The maximum absolute atomic E-state index is 12.6. The molecule has 0 bridgehead atoms. The summed E-state index contributed by atoms with van der Waals surface area (Å²) in [6.45, 7) is 3.79. The average molecular weight is 356 g/mol. The molecule has 1 atom stereocenters. The Hall–Kier alpha value is -2.86. The Morgan fingerprint density at radius 2 is 1.69 bits per heavy atom. The predicted octanol–water partition coefficient (Wildman–Crippen LogP) is 2.98. The molecule has 2 N–H and O–H groups in total. The van der Waals surface area contributed by atoms with Gasteiger partial charge in [-0.2, -0.15) is 0 Å². The first-order valence-electron chi connectivity index (χ1n) is 8.27. The van der Waals surface area contributed by atoms with Crippen molar-refractivity contribution in [2.24, 2.45) is 5.73 Å². The molecule has 138 valence electrons. The lowest BCUT2D eigenvalue weighted by molar-refractivity contribution is -0.119. The Kier molecular flexibility index (Phi) is 6.36. The lowest BCUT2D eigenvalue weighted by Gasteiger charge is -2.22. The van der Waals surface area contributed by atoms with Crippen LogP contribution >= 0.6 is 0 Å². The Balaban J connectivity index is 2.14. The molecular formula is C20H24N2O4. The highest BCUT2D eigenvalue weighted by Gasteiger charge is 2.21. The molecule has 0 aliphatic heterocycles. The third kappa shape index (κ3) is 4.61. The van der Waals surface area contributed by atoms with E-state index in [0.717, 1.165) is 22.4 Å². The smallest absolute Gasteiger partial charge is 0.437 e. The molecule has 0 fully saturated rings. The van der Waals surface area contributed by atoms with Crippen molar-refractivity contribution in [2.75, 3.05) is 19.1 Å². The van der Waals surface area contributed by atoms with Gasteiger partial charge in [-0.1, -0.05) is 18.2 Å². The minimum Gasteiger partial charge on any atom is -0.437 e. The summed E-state index contributed by atoms with van der Waals surface area (Å²) in [5.41, 5.74) is 9.72. The van der Waals surface area contributed by atoms with Crippen LogP contribution in [0.5, 0.6) is 5.75 Å². The van der Waals surface area contributed by atoms with Gasteiger partial charge in [-0.3, -0.25) is 4.79 Å². The molecule has 2 aromatic rings. The van der Waals surface area contributed by atoms with Crippen LogP contribution in [0.15, 0.2) is 42.5 Å². The number of para-hydroxylation sites is 1. The largest absolute Gasteiger partial charge is 0.513 e. The molecule has 0 radical (unpaired) electrons. The van der Waals surface area contributed by atoms with Gasteiger partial charge >= 0.3 is 6.16 Å². The van der Waals surface area contributed by atoms with Crippen LogP contribution in [0.25, 0.3) is 0 Å². The van der Waals surface area contributed by atoms with E-state index in [1.54, 1.807) is 24.1 Å². The van der Waals surface area contributed by atoms with Gasteiger partial charge in [-0.15, -0.1) is 0 Å². The highest BCUT2D eigenvalue weighted by atomic mass is 16.7. The van der Waals surface area contributed by atoms with E-state index in [1.165, 1.54) is 7.11 Å². The van der Waals surface area contributed by atoms with Gasteiger partial charge < -0.3 is 20.1 Å². The lowest BCUT2D eigenvalue weighted by atomic mass is 9.95. The van der Waals surface area contributed by atoms with Gasteiger partial charge in [0, 0.05) is 12.7 Å². The van der Waals surface area contributed by atoms with Gasteiger partial charge in [-0.25, -0.2) is 4.79 Å². The SMILES string of the molecule is COC(=O)Oc1cc(C)c(CC(N)C(=O)N(C)c2ccccc2)c(C)c1. The van der Waals surface area contributed by atoms with E-state index in [-0.39, 0.29) is 5.91 Å². The van der Waals surface area contributed by atoms with Gasteiger partial charge in [0.25, 0.3) is 0 Å². The summed E-state index contributed by atoms with van der Waals surface area (Å²) in [6, 6.07) is 12.2. The van der Waals surface area contributed by atoms with Crippen molar-refractivity contribution < 1.29 is 19.1 Å². The van der Waals surface area contributed by atoms with E-state index in [2.05, 4.69) is 4.74 Å². The molecule has 0 spiro atoms. The minimum atomic E-state index is -0.770. The Bertz CT molecular complexity index is 767. The molecule has 0 saturated carbocycles. The summed E-state index contributed by atoms with van der Waals surface area (Å²) in [4.78, 5) is 25.4. The second-order valence-electron chi connectivity index (χ2n) is 6.14. The number of amides is 1. The van der Waals surface area contributed by atoms with Crippen LogP contribution < -0.4 is 15.4 Å². The number of carbonyl (C=O) groups is 2. The molecule has 0 aliphatic rings. The van der Waals surface area contributed by atoms with Gasteiger partial charge in [0.05, 0.1) is 13.2 Å². The zero-order chi connectivity index (χ0) is 19.3. The van der Waals surface area contributed by atoms with Crippen LogP contribution in [0.3, 0.4) is 0 Å². The number of rotatable bonds is 5. The average Bonchev–Trinajstić information content (AvgIpc) is 2.63. The summed E-state index contributed by atoms with van der Waals surface area (Å²) < 4.78 is 9.56. The van der Waals surface area contributed by atoms with Gasteiger partial charge in [0.2, 0.25) is 5.91 Å². The van der Waals surface area contributed by atoms with Crippen molar-refractivity contribution in [3.05, 3.63) is 59.2 Å². The number of carbonyl (C=O) groups excluding carboxylic acids is 2. The van der Waals surface area contributed by atoms with Gasteiger partial charge in [-0.05, 0) is 61.2 Å². The molecule has 0 heterocycles. The highest BCUT2D eigenvalue weighted by molar-refractivity contribution is 5.96. The number of likely N-dealkylation sites (N-methyl/N-ethyl adjacent to an activating group) is 1. The second-order valence-corrected chi connectivity index (χ2v) is 6.14. The molecule has 0 aliphatic carbocycles. The standard InChI is InChI=1S/C20H24N2O4/c1-13-10-16(26-20(24)25-4)11-14(2)17(13)12-18(21)19(23)22(3)15-8-6-5-7-9-15/h5-11,18H,12,21H2,1-4H3. The molecule has 6 nitrogen and oxygen atoms in total. The molecule has 1 unspecified atom stereocenters. The van der Waals surface area contributed by atoms with Crippen LogP contribution in [0.1, 0.15) is 16.7 Å². The number of aryl methyl sites for hydroxylation is 2. The Morgan fingerprint density at radius 1 is 1.12 bits per heavy atom. The summed E-state index contributed by atoms with van der Waals surface area (Å²) >= 11 is 0.